The van der Waals surface area contributed by atoms with Gasteiger partial charge in [0.2, 0.25) is 0 Å². The SMILES string of the molecule is Cc1cc(C)n(CCCNC(=O)Nc2nc(-c3cccnc3)cs2)n1. The molecule has 0 bridgehead atoms. The van der Waals surface area contributed by atoms with Crippen molar-refractivity contribution < 1.29 is 4.79 Å². The molecule has 2 N–H and O–H groups in total. The second-order valence-electron chi connectivity index (χ2n) is 5.66. The third-order valence-corrected chi connectivity index (χ3v) is 4.38. The Labute approximate surface area is 150 Å². The monoisotopic (exact) mass is 356 g/mol. The molecule has 7 nitrogen and oxygen atoms in total. The highest BCUT2D eigenvalue weighted by atomic mass is 32.1. The first-order valence-electron chi connectivity index (χ1n) is 8.03. The molecule has 0 saturated carbocycles. The van der Waals surface area contributed by atoms with E-state index in [2.05, 4.69) is 25.7 Å². The summed E-state index contributed by atoms with van der Waals surface area (Å²) in [5.74, 6) is 0. The molecule has 0 aromatic carbocycles. The Morgan fingerprint density at radius 1 is 1.36 bits per heavy atom. The van der Waals surface area contributed by atoms with Crippen LogP contribution in [0.5, 0.6) is 0 Å². The van der Waals surface area contributed by atoms with Crippen molar-refractivity contribution in [2.75, 3.05) is 11.9 Å². The Morgan fingerprint density at radius 2 is 2.24 bits per heavy atom. The number of aromatic nitrogens is 4. The summed E-state index contributed by atoms with van der Waals surface area (Å²) in [7, 11) is 0. The van der Waals surface area contributed by atoms with Crippen LogP contribution >= 0.6 is 11.3 Å². The van der Waals surface area contributed by atoms with Gasteiger partial charge in [-0.1, -0.05) is 0 Å². The largest absolute Gasteiger partial charge is 0.338 e. The fourth-order valence-corrected chi connectivity index (χ4v) is 3.17. The first-order valence-corrected chi connectivity index (χ1v) is 8.91. The molecule has 0 atom stereocenters. The molecule has 3 heterocycles. The van der Waals surface area contributed by atoms with E-state index >= 15 is 0 Å². The number of carbonyl (C=O) groups excluding carboxylic acids is 1. The van der Waals surface area contributed by atoms with E-state index in [0.717, 1.165) is 35.6 Å². The van der Waals surface area contributed by atoms with Gasteiger partial charge in [0.05, 0.1) is 11.4 Å². The topological polar surface area (TPSA) is 84.7 Å². The van der Waals surface area contributed by atoms with Crippen LogP contribution in [0.2, 0.25) is 0 Å². The zero-order valence-corrected chi connectivity index (χ0v) is 15.0. The van der Waals surface area contributed by atoms with Crippen molar-refractivity contribution in [2.24, 2.45) is 0 Å². The average Bonchev–Trinajstić information content (AvgIpc) is 3.19. The molecule has 3 rings (SSSR count). The maximum absolute atomic E-state index is 12.0. The first kappa shape index (κ1) is 17.1. The van der Waals surface area contributed by atoms with Gasteiger partial charge in [-0.05, 0) is 38.5 Å². The van der Waals surface area contributed by atoms with Crippen molar-refractivity contribution >= 4 is 22.5 Å². The molecular weight excluding hydrogens is 336 g/mol. The lowest BCUT2D eigenvalue weighted by molar-refractivity contribution is 0.251. The summed E-state index contributed by atoms with van der Waals surface area (Å²) >= 11 is 1.39. The predicted octanol–water partition coefficient (Wildman–Crippen LogP) is 3.23. The summed E-state index contributed by atoms with van der Waals surface area (Å²) in [4.78, 5) is 20.4. The number of pyridine rings is 1. The van der Waals surface area contributed by atoms with Crippen LogP contribution in [0.1, 0.15) is 17.8 Å². The van der Waals surface area contributed by atoms with Gasteiger partial charge in [0.25, 0.3) is 0 Å². The summed E-state index contributed by atoms with van der Waals surface area (Å²) in [6.45, 7) is 5.36. The quantitative estimate of drug-likeness (QED) is 0.664. The first-order chi connectivity index (χ1) is 12.1. The Hall–Kier alpha value is -2.74. The molecule has 8 heteroatoms. The lowest BCUT2D eigenvalue weighted by Gasteiger charge is -2.06. The van der Waals surface area contributed by atoms with Gasteiger partial charge in [0.1, 0.15) is 0 Å². The molecule has 130 valence electrons. The predicted molar refractivity (Wildman–Crippen MR) is 98.7 cm³/mol. The standard InChI is InChI=1S/C17H20N6OS/c1-12-9-13(2)23(22-12)8-4-7-19-16(24)21-17-20-15(11-25-17)14-5-3-6-18-10-14/h3,5-6,9-11H,4,7-8H2,1-2H3,(H2,19,20,21,24). The second-order valence-corrected chi connectivity index (χ2v) is 6.52. The number of aryl methyl sites for hydroxylation is 3. The van der Waals surface area contributed by atoms with Crippen LogP contribution in [0.4, 0.5) is 9.93 Å². The summed E-state index contributed by atoms with van der Waals surface area (Å²) in [6.07, 6.45) is 4.28. The van der Waals surface area contributed by atoms with Crippen molar-refractivity contribution in [1.82, 2.24) is 25.1 Å². The molecule has 0 aliphatic carbocycles. The number of amides is 2. The normalized spacial score (nSPS) is 10.6. The molecule has 0 aliphatic heterocycles. The Kier molecular flexibility index (Phi) is 5.39. The molecule has 25 heavy (non-hydrogen) atoms. The molecular formula is C17H20N6OS. The molecule has 0 fully saturated rings. The molecule has 0 unspecified atom stereocenters. The molecule has 0 radical (unpaired) electrons. The molecule has 0 aliphatic rings. The van der Waals surface area contributed by atoms with Crippen LogP contribution in [0.15, 0.2) is 36.0 Å². The zero-order valence-electron chi connectivity index (χ0n) is 14.2. The van der Waals surface area contributed by atoms with E-state index in [-0.39, 0.29) is 6.03 Å². The molecule has 3 aromatic rings. The highest BCUT2D eigenvalue weighted by molar-refractivity contribution is 7.14. The fraction of sp³-hybridized carbons (Fsp3) is 0.294. The van der Waals surface area contributed by atoms with Crippen LogP contribution in [-0.2, 0) is 6.54 Å². The average molecular weight is 356 g/mol. The molecule has 3 aromatic heterocycles. The van der Waals surface area contributed by atoms with Crippen molar-refractivity contribution in [3.8, 4) is 11.3 Å². The third kappa shape index (κ3) is 4.63. The summed E-state index contributed by atoms with van der Waals surface area (Å²) in [6, 6.07) is 5.59. The van der Waals surface area contributed by atoms with Crippen LogP contribution in [0.25, 0.3) is 11.3 Å². The fourth-order valence-electron chi connectivity index (χ4n) is 2.45. The van der Waals surface area contributed by atoms with Gasteiger partial charge < -0.3 is 5.32 Å². The maximum Gasteiger partial charge on any atom is 0.321 e. The lowest BCUT2D eigenvalue weighted by Crippen LogP contribution is -2.30. The van der Waals surface area contributed by atoms with Crippen LogP contribution in [0, 0.1) is 13.8 Å². The van der Waals surface area contributed by atoms with Crippen LogP contribution in [-0.4, -0.2) is 32.3 Å². The van der Waals surface area contributed by atoms with Gasteiger partial charge in [0.15, 0.2) is 5.13 Å². The van der Waals surface area contributed by atoms with Crippen molar-refractivity contribution in [2.45, 2.75) is 26.8 Å². The minimum atomic E-state index is -0.250. The maximum atomic E-state index is 12.0. The number of hydrogen-bond acceptors (Lipinski definition) is 5. The van der Waals surface area contributed by atoms with E-state index in [4.69, 9.17) is 0 Å². The number of nitrogens with one attached hydrogen (secondary N) is 2. The molecule has 0 saturated heterocycles. The smallest absolute Gasteiger partial charge is 0.321 e. The Balaban J connectivity index is 1.44. The van der Waals surface area contributed by atoms with Crippen molar-refractivity contribution in [3.63, 3.8) is 0 Å². The number of rotatable bonds is 6. The van der Waals surface area contributed by atoms with Crippen molar-refractivity contribution in [1.29, 1.82) is 0 Å². The van der Waals surface area contributed by atoms with Gasteiger partial charge in [0, 0.05) is 42.1 Å². The van der Waals surface area contributed by atoms with Gasteiger partial charge in [-0.3, -0.25) is 15.0 Å². The highest BCUT2D eigenvalue weighted by Crippen LogP contribution is 2.23. The number of urea groups is 1. The van der Waals surface area contributed by atoms with E-state index in [1.165, 1.54) is 11.3 Å². The number of carbonyl (C=O) groups is 1. The molecule has 2 amide bonds. The number of anilines is 1. The number of hydrogen-bond donors (Lipinski definition) is 2. The third-order valence-electron chi connectivity index (χ3n) is 3.62. The van der Waals surface area contributed by atoms with Crippen molar-refractivity contribution in [3.05, 3.63) is 47.4 Å². The second kappa shape index (κ2) is 7.89. The summed E-state index contributed by atoms with van der Waals surface area (Å²) in [5, 5.41) is 12.5. The van der Waals surface area contributed by atoms with E-state index < -0.39 is 0 Å². The summed E-state index contributed by atoms with van der Waals surface area (Å²) in [5.41, 5.74) is 3.87. The number of nitrogens with zero attached hydrogens (tertiary/aromatic N) is 4. The van der Waals surface area contributed by atoms with E-state index in [1.807, 2.05) is 42.1 Å². The minimum absolute atomic E-state index is 0.250. The van der Waals surface area contributed by atoms with Gasteiger partial charge in [-0.2, -0.15) is 5.10 Å². The van der Waals surface area contributed by atoms with E-state index in [9.17, 15) is 4.79 Å². The van der Waals surface area contributed by atoms with E-state index in [0.29, 0.717) is 11.7 Å². The highest BCUT2D eigenvalue weighted by Gasteiger charge is 2.08. The van der Waals surface area contributed by atoms with Crippen LogP contribution < -0.4 is 10.6 Å². The Morgan fingerprint density at radius 3 is 2.96 bits per heavy atom. The number of thiazole rings is 1. The van der Waals surface area contributed by atoms with Gasteiger partial charge in [-0.25, -0.2) is 9.78 Å². The Bertz CT molecular complexity index is 842. The molecule has 0 spiro atoms. The van der Waals surface area contributed by atoms with E-state index in [1.54, 1.807) is 12.4 Å². The van der Waals surface area contributed by atoms with Gasteiger partial charge >= 0.3 is 6.03 Å². The van der Waals surface area contributed by atoms with Gasteiger partial charge in [-0.15, -0.1) is 11.3 Å². The summed E-state index contributed by atoms with van der Waals surface area (Å²) < 4.78 is 1.95. The van der Waals surface area contributed by atoms with Crippen LogP contribution in [0.3, 0.4) is 0 Å². The lowest BCUT2D eigenvalue weighted by atomic mass is 10.2. The minimum Gasteiger partial charge on any atom is -0.338 e. The zero-order chi connectivity index (χ0) is 17.6.